The van der Waals surface area contributed by atoms with Crippen LogP contribution in [-0.2, 0) is 19.1 Å². The fourth-order valence-corrected chi connectivity index (χ4v) is 3.25. The molecule has 2 heterocycles. The molecule has 0 saturated carbocycles. The quantitative estimate of drug-likeness (QED) is 0.714. The third-order valence-corrected chi connectivity index (χ3v) is 4.82. The van der Waals surface area contributed by atoms with Crippen molar-refractivity contribution in [3.8, 4) is 0 Å². The molecule has 5 nitrogen and oxygen atoms in total. The average Bonchev–Trinajstić information content (AvgIpc) is 2.73. The van der Waals surface area contributed by atoms with Crippen LogP contribution in [-0.4, -0.2) is 22.6 Å². The third kappa shape index (κ3) is 4.21. The van der Waals surface area contributed by atoms with Crippen LogP contribution in [0.15, 0.2) is 60.7 Å². The Hall–Kier alpha value is -3.42. The Kier molecular flexibility index (Phi) is 4.92. The molecule has 29 heavy (non-hydrogen) atoms. The molecule has 0 aliphatic carbocycles. The molecule has 2 aromatic carbocycles. The van der Waals surface area contributed by atoms with E-state index in [-0.39, 0.29) is 11.4 Å². The molecule has 0 fully saturated rings. The number of halogens is 3. The van der Waals surface area contributed by atoms with Crippen LogP contribution in [0.3, 0.4) is 0 Å². The molecule has 0 spiro atoms. The van der Waals surface area contributed by atoms with Crippen molar-refractivity contribution in [3.63, 3.8) is 0 Å². The summed E-state index contributed by atoms with van der Waals surface area (Å²) in [6.45, 7) is 1.56. The highest BCUT2D eigenvalue weighted by Gasteiger charge is 2.30. The van der Waals surface area contributed by atoms with Crippen molar-refractivity contribution in [2.75, 3.05) is 16.8 Å². The third-order valence-electron chi connectivity index (χ3n) is 4.82. The van der Waals surface area contributed by atoms with E-state index in [4.69, 9.17) is 0 Å². The SMILES string of the molecule is O=C(Nc1ccc(N2CCc3ccccc3C2)nn1)c1ccc(C(F)(F)F)cc1. The van der Waals surface area contributed by atoms with Gasteiger partial charge < -0.3 is 10.2 Å². The van der Waals surface area contributed by atoms with Gasteiger partial charge in [-0.25, -0.2) is 0 Å². The van der Waals surface area contributed by atoms with E-state index in [1.807, 2.05) is 12.1 Å². The molecule has 1 aliphatic rings. The van der Waals surface area contributed by atoms with Crippen LogP contribution >= 0.6 is 0 Å². The van der Waals surface area contributed by atoms with Crippen molar-refractivity contribution in [3.05, 3.63) is 82.9 Å². The molecular formula is C21H17F3N4O. The Bertz CT molecular complexity index is 1020. The maximum atomic E-state index is 12.6. The number of alkyl halides is 3. The average molecular weight is 398 g/mol. The number of benzene rings is 2. The number of hydrogen-bond acceptors (Lipinski definition) is 4. The summed E-state index contributed by atoms with van der Waals surface area (Å²) in [4.78, 5) is 14.3. The zero-order valence-corrected chi connectivity index (χ0v) is 15.3. The maximum absolute atomic E-state index is 12.6. The first kappa shape index (κ1) is 18.9. The summed E-state index contributed by atoms with van der Waals surface area (Å²) in [5.41, 5.74) is 1.88. The van der Waals surface area contributed by atoms with Crippen LogP contribution < -0.4 is 10.2 Å². The summed E-state index contributed by atoms with van der Waals surface area (Å²) in [5, 5.41) is 10.8. The van der Waals surface area contributed by atoms with Gasteiger partial charge in [0.05, 0.1) is 5.56 Å². The van der Waals surface area contributed by atoms with Gasteiger partial charge in [0.2, 0.25) is 0 Å². The number of anilines is 2. The van der Waals surface area contributed by atoms with Gasteiger partial charge in [-0.2, -0.15) is 13.2 Å². The van der Waals surface area contributed by atoms with E-state index in [0.717, 1.165) is 43.8 Å². The van der Waals surface area contributed by atoms with E-state index >= 15 is 0 Å². The van der Waals surface area contributed by atoms with Gasteiger partial charge in [-0.1, -0.05) is 24.3 Å². The predicted molar refractivity (Wildman–Crippen MR) is 103 cm³/mol. The number of amides is 1. The van der Waals surface area contributed by atoms with Gasteiger partial charge in [0.15, 0.2) is 11.6 Å². The fourth-order valence-electron chi connectivity index (χ4n) is 3.25. The van der Waals surface area contributed by atoms with Crippen molar-refractivity contribution in [1.29, 1.82) is 0 Å². The molecule has 8 heteroatoms. The predicted octanol–water partition coefficient (Wildman–Crippen LogP) is 4.31. The van der Waals surface area contributed by atoms with Crippen LogP contribution in [0.2, 0.25) is 0 Å². The van der Waals surface area contributed by atoms with E-state index in [0.29, 0.717) is 5.82 Å². The molecule has 4 rings (SSSR count). The Morgan fingerprint density at radius 2 is 1.66 bits per heavy atom. The summed E-state index contributed by atoms with van der Waals surface area (Å²) in [6.07, 6.45) is -3.52. The molecule has 0 unspecified atom stereocenters. The first-order chi connectivity index (χ1) is 13.9. The number of nitrogens with one attached hydrogen (secondary N) is 1. The Morgan fingerprint density at radius 1 is 0.931 bits per heavy atom. The summed E-state index contributed by atoms with van der Waals surface area (Å²) in [5.74, 6) is 0.385. The molecule has 0 bridgehead atoms. The summed E-state index contributed by atoms with van der Waals surface area (Å²) < 4.78 is 37.9. The summed E-state index contributed by atoms with van der Waals surface area (Å²) >= 11 is 0. The number of nitrogens with zero attached hydrogens (tertiary/aromatic N) is 3. The van der Waals surface area contributed by atoms with Crippen LogP contribution in [0.5, 0.6) is 0 Å². The van der Waals surface area contributed by atoms with Gasteiger partial charge in [-0.05, 0) is 53.9 Å². The highest BCUT2D eigenvalue weighted by molar-refractivity contribution is 6.03. The van der Waals surface area contributed by atoms with Gasteiger partial charge in [0.25, 0.3) is 5.91 Å². The van der Waals surface area contributed by atoms with Crippen LogP contribution in [0.4, 0.5) is 24.8 Å². The monoisotopic (exact) mass is 398 g/mol. The van der Waals surface area contributed by atoms with E-state index in [2.05, 4.69) is 32.5 Å². The number of aromatic nitrogens is 2. The first-order valence-corrected chi connectivity index (χ1v) is 9.04. The molecule has 0 atom stereocenters. The smallest absolute Gasteiger partial charge is 0.350 e. The Labute approximate surface area is 165 Å². The van der Waals surface area contributed by atoms with Crippen LogP contribution in [0.25, 0.3) is 0 Å². The minimum Gasteiger partial charge on any atom is -0.350 e. The Balaban J connectivity index is 1.41. The lowest BCUT2D eigenvalue weighted by atomic mass is 10.00. The zero-order chi connectivity index (χ0) is 20.4. The second kappa shape index (κ2) is 7.54. The molecule has 1 aromatic heterocycles. The molecule has 1 N–H and O–H groups in total. The van der Waals surface area contributed by atoms with Crippen LogP contribution in [0.1, 0.15) is 27.0 Å². The lowest BCUT2D eigenvalue weighted by Gasteiger charge is -2.29. The number of hydrogen-bond donors (Lipinski definition) is 1. The van der Waals surface area contributed by atoms with Crippen molar-refractivity contribution < 1.29 is 18.0 Å². The van der Waals surface area contributed by atoms with Gasteiger partial charge >= 0.3 is 6.18 Å². The van der Waals surface area contributed by atoms with E-state index in [9.17, 15) is 18.0 Å². The maximum Gasteiger partial charge on any atom is 0.416 e. The normalized spacial score (nSPS) is 13.7. The molecule has 0 radical (unpaired) electrons. The number of carbonyl (C=O) groups excluding carboxylic acids is 1. The number of fused-ring (bicyclic) bond motifs is 1. The van der Waals surface area contributed by atoms with E-state index in [1.54, 1.807) is 12.1 Å². The van der Waals surface area contributed by atoms with Gasteiger partial charge in [-0.15, -0.1) is 10.2 Å². The van der Waals surface area contributed by atoms with E-state index < -0.39 is 17.6 Å². The fraction of sp³-hybridized carbons (Fsp3) is 0.190. The van der Waals surface area contributed by atoms with Crippen molar-refractivity contribution >= 4 is 17.5 Å². The first-order valence-electron chi connectivity index (χ1n) is 9.04. The summed E-state index contributed by atoms with van der Waals surface area (Å²) in [7, 11) is 0. The number of carbonyl (C=O) groups is 1. The standard InChI is InChI=1S/C21H17F3N4O/c22-21(23,24)17-7-5-15(6-8-17)20(29)25-18-9-10-19(27-26-18)28-12-11-14-3-1-2-4-16(14)13-28/h1-10H,11-13H2,(H,25,26,29). The highest BCUT2D eigenvalue weighted by Crippen LogP contribution is 2.29. The second-order valence-corrected chi connectivity index (χ2v) is 6.75. The Morgan fingerprint density at radius 3 is 2.31 bits per heavy atom. The van der Waals surface area contributed by atoms with Gasteiger partial charge in [0.1, 0.15) is 0 Å². The van der Waals surface area contributed by atoms with E-state index in [1.165, 1.54) is 11.1 Å². The largest absolute Gasteiger partial charge is 0.416 e. The topological polar surface area (TPSA) is 58.1 Å². The summed E-state index contributed by atoms with van der Waals surface area (Å²) in [6, 6.07) is 15.7. The molecule has 148 valence electrons. The molecule has 3 aromatic rings. The lowest BCUT2D eigenvalue weighted by molar-refractivity contribution is -0.137. The molecular weight excluding hydrogens is 381 g/mol. The molecule has 1 amide bonds. The zero-order valence-electron chi connectivity index (χ0n) is 15.3. The molecule has 1 aliphatic heterocycles. The van der Waals surface area contributed by atoms with Crippen LogP contribution in [0, 0.1) is 0 Å². The number of rotatable bonds is 3. The minimum atomic E-state index is -4.44. The van der Waals surface area contributed by atoms with Gasteiger partial charge in [-0.3, -0.25) is 4.79 Å². The molecule has 0 saturated heterocycles. The van der Waals surface area contributed by atoms with Crippen molar-refractivity contribution in [2.45, 2.75) is 19.1 Å². The van der Waals surface area contributed by atoms with Crippen molar-refractivity contribution in [1.82, 2.24) is 10.2 Å². The van der Waals surface area contributed by atoms with Crippen molar-refractivity contribution in [2.24, 2.45) is 0 Å². The highest BCUT2D eigenvalue weighted by atomic mass is 19.4. The second-order valence-electron chi connectivity index (χ2n) is 6.75. The minimum absolute atomic E-state index is 0.108. The lowest BCUT2D eigenvalue weighted by Crippen LogP contribution is -2.31. The van der Waals surface area contributed by atoms with Gasteiger partial charge in [0, 0.05) is 18.7 Å².